The number of amides is 2. The van der Waals surface area contributed by atoms with Crippen molar-refractivity contribution in [1.29, 1.82) is 0 Å². The first kappa shape index (κ1) is 20.8. The fraction of sp³-hybridized carbons (Fsp3) is 0.217. The van der Waals surface area contributed by atoms with Gasteiger partial charge < -0.3 is 15.5 Å². The molecule has 0 aromatic heterocycles. The summed E-state index contributed by atoms with van der Waals surface area (Å²) in [6.45, 7) is 2.33. The number of carbonyl (C=O) groups is 2. The lowest BCUT2D eigenvalue weighted by Gasteiger charge is -2.18. The molecule has 5 nitrogen and oxygen atoms in total. The molecule has 1 unspecified atom stereocenters. The summed E-state index contributed by atoms with van der Waals surface area (Å²) in [5, 5.41) is 8.59. The third-order valence-electron chi connectivity index (χ3n) is 4.72. The SMILES string of the molecule is C[C@@H](NC(=O)C[NH+](C)CC(=O)Nc1ccccc1Cl)c1ccc2ccccc2c1. The number of hydrogen-bond acceptors (Lipinski definition) is 2. The van der Waals surface area contributed by atoms with E-state index in [1.165, 1.54) is 5.39 Å². The Morgan fingerprint density at radius 3 is 2.34 bits per heavy atom. The number of benzene rings is 3. The van der Waals surface area contributed by atoms with Crippen molar-refractivity contribution in [3.63, 3.8) is 0 Å². The third kappa shape index (κ3) is 5.79. The highest BCUT2D eigenvalue weighted by Crippen LogP contribution is 2.21. The number of carbonyl (C=O) groups excluding carboxylic acids is 2. The summed E-state index contributed by atoms with van der Waals surface area (Å²) >= 11 is 6.06. The van der Waals surface area contributed by atoms with Gasteiger partial charge >= 0.3 is 0 Å². The number of likely N-dealkylation sites (N-methyl/N-ethyl adjacent to an activating group) is 1. The largest absolute Gasteiger partial charge is 0.345 e. The van der Waals surface area contributed by atoms with Gasteiger partial charge in [0.2, 0.25) is 0 Å². The van der Waals surface area contributed by atoms with Gasteiger partial charge in [-0.3, -0.25) is 9.59 Å². The molecule has 0 bridgehead atoms. The van der Waals surface area contributed by atoms with E-state index in [9.17, 15) is 9.59 Å². The first-order valence-electron chi connectivity index (χ1n) is 9.56. The highest BCUT2D eigenvalue weighted by molar-refractivity contribution is 6.33. The van der Waals surface area contributed by atoms with Crippen LogP contribution < -0.4 is 15.5 Å². The molecule has 0 fully saturated rings. The van der Waals surface area contributed by atoms with Gasteiger partial charge in [0.25, 0.3) is 11.8 Å². The van der Waals surface area contributed by atoms with Crippen LogP contribution in [0.3, 0.4) is 0 Å². The molecule has 150 valence electrons. The van der Waals surface area contributed by atoms with Crippen molar-refractivity contribution in [2.45, 2.75) is 13.0 Å². The van der Waals surface area contributed by atoms with Gasteiger partial charge in [0, 0.05) is 0 Å². The van der Waals surface area contributed by atoms with E-state index in [1.54, 1.807) is 24.3 Å². The lowest BCUT2D eigenvalue weighted by Crippen LogP contribution is -3.11. The molecule has 0 heterocycles. The van der Waals surface area contributed by atoms with E-state index in [-0.39, 0.29) is 30.9 Å². The van der Waals surface area contributed by atoms with Crippen LogP contribution in [-0.4, -0.2) is 32.0 Å². The van der Waals surface area contributed by atoms with Crippen LogP contribution in [0.4, 0.5) is 5.69 Å². The molecule has 29 heavy (non-hydrogen) atoms. The molecule has 0 radical (unpaired) electrons. The van der Waals surface area contributed by atoms with E-state index >= 15 is 0 Å². The predicted molar refractivity (Wildman–Crippen MR) is 117 cm³/mol. The number of rotatable bonds is 7. The predicted octanol–water partition coefficient (Wildman–Crippen LogP) is 2.82. The monoisotopic (exact) mass is 410 g/mol. The lowest BCUT2D eigenvalue weighted by molar-refractivity contribution is -0.862. The number of nitrogens with one attached hydrogen (secondary N) is 3. The molecule has 2 atom stereocenters. The van der Waals surface area contributed by atoms with Crippen LogP contribution in [0.5, 0.6) is 0 Å². The van der Waals surface area contributed by atoms with Crippen molar-refractivity contribution < 1.29 is 14.5 Å². The Morgan fingerprint density at radius 1 is 0.931 bits per heavy atom. The van der Waals surface area contributed by atoms with Crippen LogP contribution in [0.25, 0.3) is 10.8 Å². The van der Waals surface area contributed by atoms with Gasteiger partial charge in [0.05, 0.1) is 23.8 Å². The minimum absolute atomic E-state index is 0.103. The first-order valence-corrected chi connectivity index (χ1v) is 9.94. The molecule has 6 heteroatoms. The number of quaternary nitrogens is 1. The molecule has 3 N–H and O–H groups in total. The Bertz CT molecular complexity index is 1020. The van der Waals surface area contributed by atoms with E-state index in [0.29, 0.717) is 10.7 Å². The van der Waals surface area contributed by atoms with Crippen molar-refractivity contribution in [2.75, 3.05) is 25.5 Å². The number of anilines is 1. The average Bonchev–Trinajstić information content (AvgIpc) is 2.69. The Kier molecular flexibility index (Phi) is 6.86. The maximum atomic E-state index is 12.4. The number of fused-ring (bicyclic) bond motifs is 1. The molecule has 0 spiro atoms. The zero-order valence-corrected chi connectivity index (χ0v) is 17.3. The van der Waals surface area contributed by atoms with E-state index < -0.39 is 0 Å². The number of para-hydroxylation sites is 1. The number of hydrogen-bond donors (Lipinski definition) is 3. The Hall–Kier alpha value is -2.89. The highest BCUT2D eigenvalue weighted by Gasteiger charge is 2.17. The maximum absolute atomic E-state index is 12.4. The fourth-order valence-electron chi connectivity index (χ4n) is 3.22. The van der Waals surface area contributed by atoms with Gasteiger partial charge in [-0.1, -0.05) is 60.1 Å². The van der Waals surface area contributed by atoms with E-state index in [1.807, 2.05) is 32.2 Å². The quantitative estimate of drug-likeness (QED) is 0.561. The molecule has 3 aromatic rings. The van der Waals surface area contributed by atoms with E-state index in [0.717, 1.165) is 15.8 Å². The second-order valence-corrected chi connectivity index (χ2v) is 7.64. The van der Waals surface area contributed by atoms with Crippen LogP contribution >= 0.6 is 11.6 Å². The molecular formula is C23H25ClN3O2+. The molecule has 3 rings (SSSR count). The van der Waals surface area contributed by atoms with Gasteiger partial charge in [0.1, 0.15) is 0 Å². The Labute approximate surface area is 175 Å². The van der Waals surface area contributed by atoms with Gasteiger partial charge in [-0.25, -0.2) is 0 Å². The smallest absolute Gasteiger partial charge is 0.279 e. The van der Waals surface area contributed by atoms with E-state index in [2.05, 4.69) is 34.9 Å². The minimum Gasteiger partial charge on any atom is -0.345 e. The minimum atomic E-state index is -0.189. The van der Waals surface area contributed by atoms with Crippen LogP contribution in [0.2, 0.25) is 5.02 Å². The summed E-state index contributed by atoms with van der Waals surface area (Å²) < 4.78 is 0. The van der Waals surface area contributed by atoms with Gasteiger partial charge in [-0.05, 0) is 41.5 Å². The summed E-state index contributed by atoms with van der Waals surface area (Å²) in [7, 11) is 1.81. The standard InChI is InChI=1S/C23H24ClN3O2/c1-16(18-12-11-17-7-3-4-8-19(17)13-18)25-22(28)14-27(2)15-23(29)26-21-10-6-5-9-20(21)24/h3-13,16H,14-15H2,1-2H3,(H,25,28)(H,26,29)/p+1/t16-/m1/s1. The van der Waals surface area contributed by atoms with Crippen LogP contribution in [0.1, 0.15) is 18.5 Å². The van der Waals surface area contributed by atoms with Crippen molar-refractivity contribution in [2.24, 2.45) is 0 Å². The third-order valence-corrected chi connectivity index (χ3v) is 5.05. The van der Waals surface area contributed by atoms with Crippen molar-refractivity contribution >= 4 is 39.9 Å². The lowest BCUT2D eigenvalue weighted by atomic mass is 10.0. The Morgan fingerprint density at radius 2 is 1.59 bits per heavy atom. The summed E-state index contributed by atoms with van der Waals surface area (Å²) in [5.74, 6) is -0.292. The summed E-state index contributed by atoms with van der Waals surface area (Å²) in [6, 6.07) is 21.3. The molecule has 0 saturated carbocycles. The maximum Gasteiger partial charge on any atom is 0.279 e. The van der Waals surface area contributed by atoms with Crippen LogP contribution in [0, 0.1) is 0 Å². The molecule has 2 amide bonds. The zero-order chi connectivity index (χ0) is 20.8. The zero-order valence-electron chi connectivity index (χ0n) is 16.5. The molecule has 0 aliphatic carbocycles. The second-order valence-electron chi connectivity index (χ2n) is 7.23. The summed E-state index contributed by atoms with van der Waals surface area (Å²) in [5.41, 5.74) is 1.62. The van der Waals surface area contributed by atoms with Crippen molar-refractivity contribution in [3.05, 3.63) is 77.3 Å². The molecular weight excluding hydrogens is 386 g/mol. The average molecular weight is 411 g/mol. The molecule has 0 aliphatic heterocycles. The van der Waals surface area contributed by atoms with E-state index in [4.69, 9.17) is 11.6 Å². The van der Waals surface area contributed by atoms with Crippen molar-refractivity contribution in [1.82, 2.24) is 5.32 Å². The highest BCUT2D eigenvalue weighted by atomic mass is 35.5. The molecule has 0 aliphatic rings. The van der Waals surface area contributed by atoms with Crippen LogP contribution in [0.15, 0.2) is 66.7 Å². The van der Waals surface area contributed by atoms with Gasteiger partial charge in [-0.2, -0.15) is 0 Å². The second kappa shape index (κ2) is 9.54. The van der Waals surface area contributed by atoms with Crippen molar-refractivity contribution in [3.8, 4) is 0 Å². The Balaban J connectivity index is 1.51. The normalized spacial score (nSPS) is 12.9. The summed E-state index contributed by atoms with van der Waals surface area (Å²) in [4.78, 5) is 25.4. The first-order chi connectivity index (χ1) is 13.9. The fourth-order valence-corrected chi connectivity index (χ4v) is 3.40. The van der Waals surface area contributed by atoms with Gasteiger partial charge in [0.15, 0.2) is 13.1 Å². The molecule has 3 aromatic carbocycles. The number of halogens is 1. The van der Waals surface area contributed by atoms with Gasteiger partial charge in [-0.15, -0.1) is 0 Å². The topological polar surface area (TPSA) is 62.6 Å². The summed E-state index contributed by atoms with van der Waals surface area (Å²) in [6.07, 6.45) is 0. The van der Waals surface area contributed by atoms with Crippen LogP contribution in [-0.2, 0) is 9.59 Å². The molecule has 0 saturated heterocycles.